The number of amides is 1. The molecule has 0 fully saturated rings. The van der Waals surface area contributed by atoms with Crippen molar-refractivity contribution in [1.82, 2.24) is 4.90 Å². The summed E-state index contributed by atoms with van der Waals surface area (Å²) in [6.07, 6.45) is -1.56. The first-order valence-corrected chi connectivity index (χ1v) is 11.1. The van der Waals surface area contributed by atoms with Crippen LogP contribution < -0.4 is 4.18 Å². The quantitative estimate of drug-likeness (QED) is 0.610. The van der Waals surface area contributed by atoms with Crippen LogP contribution in [0.15, 0.2) is 47.4 Å². The van der Waals surface area contributed by atoms with Crippen LogP contribution >= 0.6 is 23.2 Å². The maximum atomic E-state index is 12.4. The fraction of sp³-hybridized carbons (Fsp3) is 0.350. The summed E-state index contributed by atoms with van der Waals surface area (Å²) in [4.78, 5) is 13.1. The monoisotopic (exact) mass is 475 g/mol. The first kappa shape index (κ1) is 24.3. The molecular formula is C20H23Cl2NO6S. The van der Waals surface area contributed by atoms with E-state index in [2.05, 4.69) is 0 Å². The number of rotatable bonds is 6. The van der Waals surface area contributed by atoms with E-state index in [1.54, 1.807) is 20.8 Å². The smallest absolute Gasteiger partial charge is 0.410 e. The molecule has 30 heavy (non-hydrogen) atoms. The molecule has 0 aliphatic rings. The highest BCUT2D eigenvalue weighted by atomic mass is 35.5. The second-order valence-corrected chi connectivity index (χ2v) is 10.0. The zero-order valence-electron chi connectivity index (χ0n) is 16.9. The predicted octanol–water partition coefficient (Wildman–Crippen LogP) is 4.66. The SMILES string of the molecule is CN(CC(O)c1ccc(OS(=O)(=O)c2cc(Cl)cc(Cl)c2)cc1)C(=O)OC(C)(C)C. The van der Waals surface area contributed by atoms with E-state index in [4.69, 9.17) is 32.1 Å². The number of halogens is 2. The van der Waals surface area contributed by atoms with E-state index in [1.165, 1.54) is 54.4 Å². The summed E-state index contributed by atoms with van der Waals surface area (Å²) < 4.78 is 35.2. The third kappa shape index (κ3) is 7.05. The number of aliphatic hydroxyl groups is 1. The highest BCUT2D eigenvalue weighted by Gasteiger charge is 2.22. The van der Waals surface area contributed by atoms with Gasteiger partial charge in [0.25, 0.3) is 0 Å². The molecule has 2 aromatic rings. The molecule has 0 aliphatic heterocycles. The molecule has 0 aliphatic carbocycles. The number of carbonyl (C=O) groups excluding carboxylic acids is 1. The summed E-state index contributed by atoms with van der Waals surface area (Å²) in [5, 5.41) is 10.7. The van der Waals surface area contributed by atoms with E-state index in [-0.39, 0.29) is 27.2 Å². The van der Waals surface area contributed by atoms with Crippen molar-refractivity contribution in [3.63, 3.8) is 0 Å². The van der Waals surface area contributed by atoms with Crippen molar-refractivity contribution >= 4 is 39.4 Å². The summed E-state index contributed by atoms with van der Waals surface area (Å²) in [6, 6.07) is 9.67. The third-order valence-electron chi connectivity index (χ3n) is 3.75. The Balaban J connectivity index is 2.06. The molecule has 164 valence electrons. The van der Waals surface area contributed by atoms with E-state index in [9.17, 15) is 18.3 Å². The second-order valence-electron chi connectivity index (χ2n) is 7.59. The zero-order chi connectivity index (χ0) is 22.7. The highest BCUT2D eigenvalue weighted by Crippen LogP contribution is 2.26. The van der Waals surface area contributed by atoms with Crippen molar-refractivity contribution in [2.75, 3.05) is 13.6 Å². The van der Waals surface area contributed by atoms with E-state index in [1.807, 2.05) is 0 Å². The van der Waals surface area contributed by atoms with Gasteiger partial charge in [0.05, 0.1) is 12.6 Å². The minimum atomic E-state index is -4.14. The lowest BCUT2D eigenvalue weighted by molar-refractivity contribution is 0.0205. The van der Waals surface area contributed by atoms with Crippen molar-refractivity contribution in [2.45, 2.75) is 37.4 Å². The average molecular weight is 476 g/mol. The molecule has 1 N–H and O–H groups in total. The molecule has 7 nitrogen and oxygen atoms in total. The summed E-state index contributed by atoms with van der Waals surface area (Å²) in [5.74, 6) is 0.0440. The van der Waals surface area contributed by atoms with Crippen LogP contribution in [0.25, 0.3) is 0 Å². The normalized spacial score (nSPS) is 12.9. The fourth-order valence-corrected chi connectivity index (χ4v) is 4.03. The van der Waals surface area contributed by atoms with E-state index >= 15 is 0 Å². The Labute approximate surface area is 186 Å². The molecule has 2 rings (SSSR count). The van der Waals surface area contributed by atoms with Crippen LogP contribution in [0.3, 0.4) is 0 Å². The van der Waals surface area contributed by atoms with Gasteiger partial charge in [-0.05, 0) is 56.7 Å². The Morgan fingerprint density at radius 3 is 2.13 bits per heavy atom. The summed E-state index contributed by atoms with van der Waals surface area (Å²) in [6.45, 7) is 5.24. The Morgan fingerprint density at radius 1 is 1.10 bits per heavy atom. The number of benzene rings is 2. The second kappa shape index (κ2) is 9.43. The van der Waals surface area contributed by atoms with E-state index in [0.29, 0.717) is 5.56 Å². The van der Waals surface area contributed by atoms with Gasteiger partial charge in [-0.25, -0.2) is 4.79 Å². The van der Waals surface area contributed by atoms with Gasteiger partial charge in [-0.1, -0.05) is 35.3 Å². The molecule has 0 saturated carbocycles. The van der Waals surface area contributed by atoms with Crippen molar-refractivity contribution in [3.05, 3.63) is 58.1 Å². The molecule has 0 heterocycles. The van der Waals surface area contributed by atoms with Gasteiger partial charge in [0.2, 0.25) is 0 Å². The van der Waals surface area contributed by atoms with Gasteiger partial charge in [0, 0.05) is 17.1 Å². The molecule has 0 radical (unpaired) electrons. The van der Waals surface area contributed by atoms with Crippen molar-refractivity contribution < 1.29 is 27.2 Å². The first-order chi connectivity index (χ1) is 13.8. The fourth-order valence-electron chi connectivity index (χ4n) is 2.37. The molecule has 0 saturated heterocycles. The van der Waals surface area contributed by atoms with Gasteiger partial charge in [-0.15, -0.1) is 0 Å². The molecule has 0 aromatic heterocycles. The summed E-state index contributed by atoms with van der Waals surface area (Å²) >= 11 is 11.7. The largest absolute Gasteiger partial charge is 0.444 e. The maximum Gasteiger partial charge on any atom is 0.410 e. The van der Waals surface area contributed by atoms with Gasteiger partial charge < -0.3 is 18.9 Å². The van der Waals surface area contributed by atoms with E-state index < -0.39 is 27.9 Å². The summed E-state index contributed by atoms with van der Waals surface area (Å²) in [7, 11) is -2.63. The van der Waals surface area contributed by atoms with Gasteiger partial charge >= 0.3 is 16.2 Å². The minimum Gasteiger partial charge on any atom is -0.444 e. The molecule has 0 spiro atoms. The van der Waals surface area contributed by atoms with Gasteiger partial charge in [0.15, 0.2) is 0 Å². The van der Waals surface area contributed by atoms with Crippen molar-refractivity contribution in [3.8, 4) is 5.75 Å². The van der Waals surface area contributed by atoms with Crippen LogP contribution in [0.1, 0.15) is 32.4 Å². The number of nitrogens with zero attached hydrogens (tertiary/aromatic N) is 1. The van der Waals surface area contributed by atoms with Crippen LogP contribution in [0.4, 0.5) is 4.79 Å². The highest BCUT2D eigenvalue weighted by molar-refractivity contribution is 7.87. The van der Waals surface area contributed by atoms with Crippen LogP contribution in [-0.2, 0) is 14.9 Å². The van der Waals surface area contributed by atoms with Crippen LogP contribution in [0.5, 0.6) is 5.75 Å². The Hall–Kier alpha value is -2.00. The van der Waals surface area contributed by atoms with Crippen molar-refractivity contribution in [2.24, 2.45) is 0 Å². The molecule has 1 amide bonds. The van der Waals surface area contributed by atoms with Crippen LogP contribution in [-0.4, -0.2) is 43.7 Å². The lowest BCUT2D eigenvalue weighted by Crippen LogP contribution is -2.36. The Bertz CT molecular complexity index is 983. The van der Waals surface area contributed by atoms with Gasteiger partial charge in [-0.3, -0.25) is 0 Å². The topological polar surface area (TPSA) is 93.1 Å². The van der Waals surface area contributed by atoms with Crippen LogP contribution in [0.2, 0.25) is 10.0 Å². The Morgan fingerprint density at radius 2 is 1.63 bits per heavy atom. The molecule has 10 heteroatoms. The standard InChI is InChI=1S/C20H23Cl2NO6S/c1-20(2,3)28-19(25)23(4)12-18(24)13-5-7-16(8-6-13)29-30(26,27)17-10-14(21)9-15(22)11-17/h5-11,18,24H,12H2,1-4H3. The summed E-state index contributed by atoms with van der Waals surface area (Å²) in [5.41, 5.74) is -0.172. The Kier molecular flexibility index (Phi) is 7.63. The molecule has 1 unspecified atom stereocenters. The molecule has 2 aromatic carbocycles. The van der Waals surface area contributed by atoms with Gasteiger partial charge in [0.1, 0.15) is 16.2 Å². The van der Waals surface area contributed by atoms with Crippen molar-refractivity contribution in [1.29, 1.82) is 0 Å². The number of likely N-dealkylation sites (N-methyl/N-ethyl adjacent to an activating group) is 1. The minimum absolute atomic E-state index is 0.00553. The first-order valence-electron chi connectivity index (χ1n) is 8.89. The van der Waals surface area contributed by atoms with E-state index in [0.717, 1.165) is 0 Å². The maximum absolute atomic E-state index is 12.4. The zero-order valence-corrected chi connectivity index (χ0v) is 19.3. The van der Waals surface area contributed by atoms with Crippen LogP contribution in [0, 0.1) is 0 Å². The van der Waals surface area contributed by atoms with Gasteiger partial charge in [-0.2, -0.15) is 8.42 Å². The third-order valence-corrected chi connectivity index (χ3v) is 5.41. The molecule has 1 atom stereocenters. The number of hydrogen-bond donors (Lipinski definition) is 1. The molecule has 0 bridgehead atoms. The lowest BCUT2D eigenvalue weighted by Gasteiger charge is -2.26. The number of carbonyl (C=O) groups is 1. The predicted molar refractivity (Wildman–Crippen MR) is 115 cm³/mol. The lowest BCUT2D eigenvalue weighted by atomic mass is 10.1. The average Bonchev–Trinajstić information content (AvgIpc) is 2.59. The number of aliphatic hydroxyl groups excluding tert-OH is 1. The number of ether oxygens (including phenoxy) is 1. The number of hydrogen-bond acceptors (Lipinski definition) is 6. The molecular weight excluding hydrogens is 453 g/mol.